The number of aryl methyl sites for hydroxylation is 2. The second kappa shape index (κ2) is 8.06. The van der Waals surface area contributed by atoms with Crippen LogP contribution in [0.5, 0.6) is 0 Å². The number of rotatable bonds is 4. The van der Waals surface area contributed by atoms with Crippen molar-refractivity contribution in [2.45, 2.75) is 30.8 Å². The summed E-state index contributed by atoms with van der Waals surface area (Å²) in [5, 5.41) is 3.02. The predicted molar refractivity (Wildman–Crippen MR) is 112 cm³/mol. The van der Waals surface area contributed by atoms with E-state index in [9.17, 15) is 14.4 Å². The predicted octanol–water partition coefficient (Wildman–Crippen LogP) is 2.49. The fourth-order valence-corrected chi connectivity index (χ4v) is 5.85. The van der Waals surface area contributed by atoms with Crippen molar-refractivity contribution in [3.8, 4) is 0 Å². The summed E-state index contributed by atoms with van der Waals surface area (Å²) < 4.78 is 1.51. The molecule has 3 heterocycles. The zero-order valence-corrected chi connectivity index (χ0v) is 17.6. The summed E-state index contributed by atoms with van der Waals surface area (Å²) in [6, 6.07) is 3.44. The van der Waals surface area contributed by atoms with Gasteiger partial charge in [0.25, 0.3) is 11.5 Å². The molecule has 1 aliphatic carbocycles. The number of hydrogen-bond acceptors (Lipinski definition) is 7. The monoisotopic (exact) mass is 434 g/mol. The lowest BCUT2D eigenvalue weighted by Gasteiger charge is -2.11. The Morgan fingerprint density at radius 3 is 2.89 bits per heavy atom. The lowest BCUT2D eigenvalue weighted by atomic mass is 9.97. The van der Waals surface area contributed by atoms with Crippen LogP contribution in [0.2, 0.25) is 0 Å². The molecule has 0 fully saturated rings. The first kappa shape index (κ1) is 19.2. The van der Waals surface area contributed by atoms with Crippen LogP contribution in [0, 0.1) is 0 Å². The summed E-state index contributed by atoms with van der Waals surface area (Å²) in [5.74, 6) is -0.680. The van der Waals surface area contributed by atoms with Crippen molar-refractivity contribution in [2.24, 2.45) is 7.05 Å². The van der Waals surface area contributed by atoms with Crippen LogP contribution in [0.15, 0.2) is 27.5 Å². The van der Waals surface area contributed by atoms with E-state index < -0.39 is 0 Å². The lowest BCUT2D eigenvalue weighted by Crippen LogP contribution is -2.42. The van der Waals surface area contributed by atoms with Crippen LogP contribution in [0.3, 0.4) is 0 Å². The van der Waals surface area contributed by atoms with Gasteiger partial charge in [0.05, 0.1) is 16.0 Å². The van der Waals surface area contributed by atoms with Gasteiger partial charge in [0.2, 0.25) is 5.91 Å². The van der Waals surface area contributed by atoms with Gasteiger partial charge in [-0.05, 0) is 42.7 Å². The molecule has 0 spiro atoms. The number of thiophene rings is 2. The highest BCUT2D eigenvalue weighted by atomic mass is 32.2. The van der Waals surface area contributed by atoms with E-state index in [1.54, 1.807) is 35.9 Å². The number of nitrogens with one attached hydrogen (secondary N) is 2. The van der Waals surface area contributed by atoms with Crippen molar-refractivity contribution in [3.63, 3.8) is 0 Å². The molecule has 3 aromatic heterocycles. The van der Waals surface area contributed by atoms with E-state index in [1.165, 1.54) is 32.5 Å². The van der Waals surface area contributed by atoms with Crippen LogP contribution in [-0.2, 0) is 24.7 Å². The largest absolute Gasteiger partial charge is 0.290 e. The van der Waals surface area contributed by atoms with Crippen molar-refractivity contribution >= 4 is 56.5 Å². The average molecular weight is 435 g/mol. The molecular formula is C18H18N4O3S3. The van der Waals surface area contributed by atoms with Gasteiger partial charge in [0.15, 0.2) is 5.16 Å². The topological polar surface area (TPSA) is 93.1 Å². The summed E-state index contributed by atoms with van der Waals surface area (Å²) in [4.78, 5) is 43.9. The maximum absolute atomic E-state index is 12.8. The molecule has 0 atom stereocenters. The molecule has 146 valence electrons. The third kappa shape index (κ3) is 3.71. The van der Waals surface area contributed by atoms with Gasteiger partial charge in [0, 0.05) is 11.9 Å². The zero-order valence-electron chi connectivity index (χ0n) is 15.1. The quantitative estimate of drug-likeness (QED) is 0.374. The van der Waals surface area contributed by atoms with E-state index in [1.807, 2.05) is 0 Å². The van der Waals surface area contributed by atoms with Crippen LogP contribution in [0.4, 0.5) is 0 Å². The van der Waals surface area contributed by atoms with Gasteiger partial charge in [-0.2, -0.15) is 0 Å². The van der Waals surface area contributed by atoms with Crippen molar-refractivity contribution in [1.29, 1.82) is 0 Å². The van der Waals surface area contributed by atoms with Crippen LogP contribution < -0.4 is 16.4 Å². The first-order chi connectivity index (χ1) is 13.5. The SMILES string of the molecule is Cn1c(SCC(=O)NNC(=O)c2cccs2)nc2sc3c(c2c1=O)CCCC3. The Bertz CT molecular complexity index is 1100. The van der Waals surface area contributed by atoms with E-state index in [0.29, 0.717) is 10.0 Å². The smallest absolute Gasteiger partial charge is 0.279 e. The first-order valence-electron chi connectivity index (χ1n) is 8.81. The normalized spacial score (nSPS) is 13.3. The molecule has 0 saturated heterocycles. The molecule has 0 aromatic carbocycles. The van der Waals surface area contributed by atoms with E-state index >= 15 is 0 Å². The molecule has 1 aliphatic rings. The highest BCUT2D eigenvalue weighted by molar-refractivity contribution is 7.99. The summed E-state index contributed by atoms with van der Waals surface area (Å²) in [5.41, 5.74) is 5.87. The number of fused-ring (bicyclic) bond motifs is 3. The summed E-state index contributed by atoms with van der Waals surface area (Å²) in [6.45, 7) is 0. The summed E-state index contributed by atoms with van der Waals surface area (Å²) in [6.07, 6.45) is 4.20. The van der Waals surface area contributed by atoms with Gasteiger partial charge in [-0.3, -0.25) is 29.8 Å². The third-order valence-corrected chi connectivity index (χ3v) is 7.63. The van der Waals surface area contributed by atoms with E-state index in [-0.39, 0.29) is 23.1 Å². The van der Waals surface area contributed by atoms with Crippen LogP contribution in [0.1, 0.15) is 33.0 Å². The number of carbonyl (C=O) groups is 2. The highest BCUT2D eigenvalue weighted by Crippen LogP contribution is 2.34. The minimum atomic E-state index is -0.366. The molecule has 0 radical (unpaired) electrons. The number of hydrogen-bond donors (Lipinski definition) is 2. The standard InChI is InChI=1S/C18H18N4O3S3/c1-22-17(25)14-10-5-2-3-6-11(10)28-16(14)19-18(22)27-9-13(23)20-21-15(24)12-7-4-8-26-12/h4,7-8H,2-3,5-6,9H2,1H3,(H,20,23)(H,21,24). The van der Waals surface area contributed by atoms with Crippen molar-refractivity contribution in [1.82, 2.24) is 20.4 Å². The minimum absolute atomic E-state index is 0.0433. The number of hydrazine groups is 1. The third-order valence-electron chi connectivity index (χ3n) is 4.55. The molecule has 7 nitrogen and oxygen atoms in total. The van der Waals surface area contributed by atoms with Crippen molar-refractivity contribution in [3.05, 3.63) is 43.2 Å². The molecule has 0 unspecified atom stereocenters. The maximum atomic E-state index is 12.8. The van der Waals surface area contributed by atoms with E-state index in [2.05, 4.69) is 15.8 Å². The fraction of sp³-hybridized carbons (Fsp3) is 0.333. The molecule has 4 rings (SSSR count). The Morgan fingerprint density at radius 2 is 2.11 bits per heavy atom. The second-order valence-corrected chi connectivity index (χ2v) is 9.39. The Hall–Kier alpha value is -2.17. The van der Waals surface area contributed by atoms with Gasteiger partial charge in [0.1, 0.15) is 4.83 Å². The first-order valence-corrected chi connectivity index (χ1v) is 11.5. The number of amides is 2. The van der Waals surface area contributed by atoms with E-state index in [4.69, 9.17) is 0 Å². The highest BCUT2D eigenvalue weighted by Gasteiger charge is 2.21. The Kier molecular flexibility index (Phi) is 5.51. The average Bonchev–Trinajstić information content (AvgIpc) is 3.35. The van der Waals surface area contributed by atoms with Crippen molar-refractivity contribution < 1.29 is 9.59 Å². The number of nitrogens with zero attached hydrogens (tertiary/aromatic N) is 2. The molecule has 3 aromatic rings. The van der Waals surface area contributed by atoms with Crippen LogP contribution >= 0.6 is 34.4 Å². The molecule has 0 aliphatic heterocycles. The number of aromatic nitrogens is 2. The molecule has 0 saturated carbocycles. The maximum Gasteiger partial charge on any atom is 0.279 e. The molecular weight excluding hydrogens is 416 g/mol. The van der Waals surface area contributed by atoms with Gasteiger partial charge >= 0.3 is 0 Å². The molecule has 0 bridgehead atoms. The Balaban J connectivity index is 1.44. The fourth-order valence-electron chi connectivity index (χ4n) is 3.16. The molecule has 2 amide bonds. The van der Waals surface area contributed by atoms with E-state index in [0.717, 1.165) is 41.5 Å². The number of carbonyl (C=O) groups excluding carboxylic acids is 2. The summed E-state index contributed by atoms with van der Waals surface area (Å²) in [7, 11) is 1.68. The van der Waals surface area contributed by atoms with Crippen LogP contribution in [0.25, 0.3) is 10.2 Å². The lowest BCUT2D eigenvalue weighted by molar-refractivity contribution is -0.119. The molecule has 2 N–H and O–H groups in total. The number of thioether (sulfide) groups is 1. The van der Waals surface area contributed by atoms with Crippen molar-refractivity contribution in [2.75, 3.05) is 5.75 Å². The van der Waals surface area contributed by atoms with Gasteiger partial charge < -0.3 is 0 Å². The molecule has 10 heteroatoms. The molecule has 28 heavy (non-hydrogen) atoms. The second-order valence-electron chi connectivity index (χ2n) is 6.42. The van der Waals surface area contributed by atoms with Gasteiger partial charge in [-0.25, -0.2) is 4.98 Å². The van der Waals surface area contributed by atoms with Crippen LogP contribution in [-0.4, -0.2) is 27.1 Å². The summed E-state index contributed by atoms with van der Waals surface area (Å²) >= 11 is 4.06. The van der Waals surface area contributed by atoms with Gasteiger partial charge in [-0.15, -0.1) is 22.7 Å². The minimum Gasteiger partial charge on any atom is -0.290 e. The van der Waals surface area contributed by atoms with Gasteiger partial charge in [-0.1, -0.05) is 17.8 Å². The Labute approximate surface area is 173 Å². The zero-order chi connectivity index (χ0) is 19.7. The Morgan fingerprint density at radius 1 is 1.29 bits per heavy atom.